The molecule has 2 aromatic rings. The van der Waals surface area contributed by atoms with E-state index in [9.17, 15) is 13.2 Å². The summed E-state index contributed by atoms with van der Waals surface area (Å²) in [5.74, 6) is -1.45. The molecular formula is C14H13F3N4O3. The van der Waals surface area contributed by atoms with Crippen LogP contribution in [0.25, 0.3) is 11.4 Å². The summed E-state index contributed by atoms with van der Waals surface area (Å²) in [7, 11) is 1.60. The smallest absolute Gasteiger partial charge is 0.341 e. The van der Waals surface area contributed by atoms with Gasteiger partial charge >= 0.3 is 12.1 Å². The van der Waals surface area contributed by atoms with Crippen molar-refractivity contribution in [2.24, 2.45) is 0 Å². The summed E-state index contributed by atoms with van der Waals surface area (Å²) < 4.78 is 47.3. The van der Waals surface area contributed by atoms with E-state index >= 15 is 0 Å². The van der Waals surface area contributed by atoms with Crippen LogP contribution in [0.5, 0.6) is 0 Å². The summed E-state index contributed by atoms with van der Waals surface area (Å²) in [5, 5.41) is 5.14. The van der Waals surface area contributed by atoms with Crippen molar-refractivity contribution < 1.29 is 27.3 Å². The Morgan fingerprint density at radius 2 is 1.92 bits per heavy atom. The lowest BCUT2D eigenvalue weighted by Crippen LogP contribution is -2.45. The van der Waals surface area contributed by atoms with Gasteiger partial charge in [0.2, 0.25) is 5.82 Å². The molecule has 2 aliphatic heterocycles. The molecule has 2 saturated heterocycles. The van der Waals surface area contributed by atoms with Crippen LogP contribution in [0.2, 0.25) is 0 Å². The van der Waals surface area contributed by atoms with Gasteiger partial charge in [-0.2, -0.15) is 23.2 Å². The summed E-state index contributed by atoms with van der Waals surface area (Å²) in [6, 6.07) is 6.89. The van der Waals surface area contributed by atoms with Crippen molar-refractivity contribution >= 4 is 5.69 Å². The van der Waals surface area contributed by atoms with Crippen molar-refractivity contribution in [3.63, 3.8) is 0 Å². The number of hydrogen-bond donors (Lipinski definition) is 0. The van der Waals surface area contributed by atoms with Gasteiger partial charge in [-0.1, -0.05) is 5.16 Å². The maximum atomic E-state index is 12.5. The molecule has 0 radical (unpaired) electrons. The highest BCUT2D eigenvalue weighted by atomic mass is 19.4. The summed E-state index contributed by atoms with van der Waals surface area (Å²) >= 11 is 0. The Bertz CT molecular complexity index is 734. The van der Waals surface area contributed by atoms with Gasteiger partial charge in [0.05, 0.1) is 7.11 Å². The van der Waals surface area contributed by atoms with Gasteiger partial charge in [0.1, 0.15) is 0 Å². The SMILES string of the molecule is CON1CCN(c2ccc(-c3noc(C(F)(F)F)n3)cc2)C2OC21. The summed E-state index contributed by atoms with van der Waals surface area (Å²) in [5.41, 5.74) is 1.35. The van der Waals surface area contributed by atoms with Gasteiger partial charge in [0.15, 0.2) is 12.5 Å². The molecule has 1 aromatic carbocycles. The van der Waals surface area contributed by atoms with Crippen LogP contribution < -0.4 is 4.90 Å². The molecule has 2 unspecified atom stereocenters. The third-order valence-electron chi connectivity index (χ3n) is 3.96. The lowest BCUT2D eigenvalue weighted by molar-refractivity contribution is -0.159. The summed E-state index contributed by atoms with van der Waals surface area (Å²) in [6.45, 7) is 1.41. The predicted molar refractivity (Wildman–Crippen MR) is 74.5 cm³/mol. The Hall–Kier alpha value is -2.17. The molecule has 0 N–H and O–H groups in total. The monoisotopic (exact) mass is 342 g/mol. The second kappa shape index (κ2) is 5.43. The van der Waals surface area contributed by atoms with Crippen LogP contribution in [0, 0.1) is 0 Å². The van der Waals surface area contributed by atoms with Crippen molar-refractivity contribution in [1.82, 2.24) is 15.2 Å². The van der Waals surface area contributed by atoms with Gasteiger partial charge in [0, 0.05) is 24.3 Å². The van der Waals surface area contributed by atoms with E-state index < -0.39 is 12.1 Å². The first-order chi connectivity index (χ1) is 11.5. The van der Waals surface area contributed by atoms with E-state index in [-0.39, 0.29) is 18.3 Å². The molecule has 7 nitrogen and oxygen atoms in total. The van der Waals surface area contributed by atoms with Crippen LogP contribution >= 0.6 is 0 Å². The Balaban J connectivity index is 1.51. The number of epoxide rings is 1. The molecule has 2 fully saturated rings. The molecular weight excluding hydrogens is 329 g/mol. The normalized spacial score (nSPS) is 24.1. The van der Waals surface area contributed by atoms with E-state index in [0.29, 0.717) is 12.1 Å². The Morgan fingerprint density at radius 3 is 2.54 bits per heavy atom. The molecule has 3 heterocycles. The Morgan fingerprint density at radius 1 is 1.17 bits per heavy atom. The lowest BCUT2D eigenvalue weighted by atomic mass is 10.1. The zero-order valence-corrected chi connectivity index (χ0v) is 12.5. The van der Waals surface area contributed by atoms with Crippen LogP contribution in [-0.2, 0) is 15.8 Å². The van der Waals surface area contributed by atoms with E-state index in [1.807, 2.05) is 0 Å². The molecule has 2 atom stereocenters. The number of hydrogen-bond acceptors (Lipinski definition) is 7. The molecule has 10 heteroatoms. The average molecular weight is 342 g/mol. The Labute approximate surface area is 134 Å². The summed E-state index contributed by atoms with van der Waals surface area (Å²) in [4.78, 5) is 10.6. The number of alkyl halides is 3. The number of hydroxylamine groups is 2. The third kappa shape index (κ3) is 2.62. The summed E-state index contributed by atoms with van der Waals surface area (Å²) in [6.07, 6.45) is -4.81. The van der Waals surface area contributed by atoms with Crippen molar-refractivity contribution in [3.05, 3.63) is 30.2 Å². The highest BCUT2D eigenvalue weighted by Crippen LogP contribution is 2.37. The molecule has 0 bridgehead atoms. The number of rotatable bonds is 3. The molecule has 1 aromatic heterocycles. The number of benzene rings is 1. The van der Waals surface area contributed by atoms with Crippen LogP contribution in [0.3, 0.4) is 0 Å². The van der Waals surface area contributed by atoms with Crippen molar-refractivity contribution in [2.75, 3.05) is 25.1 Å². The zero-order valence-electron chi connectivity index (χ0n) is 12.5. The molecule has 128 valence electrons. The van der Waals surface area contributed by atoms with Crippen molar-refractivity contribution in [3.8, 4) is 11.4 Å². The number of piperazine rings is 1. The third-order valence-corrected chi connectivity index (χ3v) is 3.96. The topological polar surface area (TPSA) is 67.2 Å². The highest BCUT2D eigenvalue weighted by Gasteiger charge is 2.51. The fourth-order valence-corrected chi connectivity index (χ4v) is 2.72. The first-order valence-corrected chi connectivity index (χ1v) is 7.21. The number of halogens is 3. The number of nitrogens with zero attached hydrogens (tertiary/aromatic N) is 4. The van der Waals surface area contributed by atoms with E-state index in [1.165, 1.54) is 0 Å². The predicted octanol–water partition coefficient (Wildman–Crippen LogP) is 2.12. The molecule has 0 saturated carbocycles. The van der Waals surface area contributed by atoms with Crippen molar-refractivity contribution in [1.29, 1.82) is 0 Å². The van der Waals surface area contributed by atoms with E-state index in [0.717, 1.165) is 12.2 Å². The largest absolute Gasteiger partial charge is 0.471 e. The van der Waals surface area contributed by atoms with Crippen LogP contribution in [0.1, 0.15) is 5.89 Å². The molecule has 0 amide bonds. The minimum absolute atomic E-state index is 0.0773. The second-order valence-electron chi connectivity index (χ2n) is 5.40. The van der Waals surface area contributed by atoms with E-state index in [1.54, 1.807) is 36.4 Å². The Kier molecular flexibility index (Phi) is 3.48. The van der Waals surface area contributed by atoms with Gasteiger partial charge in [-0.25, -0.2) is 0 Å². The minimum Gasteiger partial charge on any atom is -0.341 e. The zero-order chi connectivity index (χ0) is 16.9. The van der Waals surface area contributed by atoms with Gasteiger partial charge in [-0.05, 0) is 24.3 Å². The molecule has 0 aliphatic carbocycles. The number of anilines is 1. The standard InChI is InChI=1S/C14H13F3N4O3/c1-22-21-7-6-20(11-12(21)23-11)9-4-2-8(3-5-9)10-18-13(24-19-10)14(15,16)17/h2-5,11-12H,6-7H2,1H3. The highest BCUT2D eigenvalue weighted by molar-refractivity contribution is 5.60. The molecule has 4 rings (SSSR count). The van der Waals surface area contributed by atoms with E-state index in [2.05, 4.69) is 19.6 Å². The number of fused-ring (bicyclic) bond motifs is 1. The lowest BCUT2D eigenvalue weighted by Gasteiger charge is -2.30. The maximum Gasteiger partial charge on any atom is 0.471 e. The average Bonchev–Trinajstić information content (AvgIpc) is 3.20. The molecule has 24 heavy (non-hydrogen) atoms. The fourth-order valence-electron chi connectivity index (χ4n) is 2.72. The molecule has 0 spiro atoms. The fraction of sp³-hybridized carbons (Fsp3) is 0.429. The second-order valence-corrected chi connectivity index (χ2v) is 5.40. The number of aromatic nitrogens is 2. The number of ether oxygens (including phenoxy) is 1. The van der Waals surface area contributed by atoms with Gasteiger partial charge in [0.25, 0.3) is 0 Å². The van der Waals surface area contributed by atoms with Crippen LogP contribution in [0.15, 0.2) is 28.8 Å². The van der Waals surface area contributed by atoms with Gasteiger partial charge < -0.3 is 14.2 Å². The first-order valence-electron chi connectivity index (χ1n) is 7.21. The first kappa shape index (κ1) is 15.4. The quantitative estimate of drug-likeness (QED) is 0.792. The van der Waals surface area contributed by atoms with Crippen LogP contribution in [0.4, 0.5) is 18.9 Å². The van der Waals surface area contributed by atoms with Crippen molar-refractivity contribution in [2.45, 2.75) is 18.6 Å². The maximum absolute atomic E-state index is 12.5. The van der Waals surface area contributed by atoms with Crippen LogP contribution in [-0.4, -0.2) is 47.9 Å². The molecule has 2 aliphatic rings. The van der Waals surface area contributed by atoms with Gasteiger partial charge in [-0.3, -0.25) is 4.84 Å². The van der Waals surface area contributed by atoms with E-state index in [4.69, 9.17) is 9.57 Å². The van der Waals surface area contributed by atoms with Gasteiger partial charge in [-0.15, -0.1) is 0 Å². The minimum atomic E-state index is -4.65.